The van der Waals surface area contributed by atoms with Crippen LogP contribution < -0.4 is 10.3 Å². The number of nitrogens with zero attached hydrogens (tertiary/aromatic N) is 4. The van der Waals surface area contributed by atoms with Crippen molar-refractivity contribution in [1.29, 1.82) is 0 Å². The third-order valence-electron chi connectivity index (χ3n) is 4.68. The molecule has 0 amide bonds. The third-order valence-corrected chi connectivity index (χ3v) is 4.68. The first-order valence-electron chi connectivity index (χ1n) is 8.52. The molecule has 0 atom stereocenters. The highest BCUT2D eigenvalue weighted by atomic mass is 19.1. The van der Waals surface area contributed by atoms with E-state index in [-0.39, 0.29) is 5.82 Å². The fourth-order valence-corrected chi connectivity index (χ4v) is 3.50. The highest BCUT2D eigenvalue weighted by Crippen LogP contribution is 2.28. The first kappa shape index (κ1) is 15.5. The standard InChI is InChI=1S/C20H15FN6/c21-15-5-3-4-13(8-15)18-14(9-16-6-1-2-7-27(16)18)10-26-12-25-19(22)17-20(26)24-11-23-17/h1-9,11-12H,10H2,(H2,22,23,24)/p+1. The molecule has 132 valence electrons. The summed E-state index contributed by atoms with van der Waals surface area (Å²) in [6.45, 7) is 0.530. The van der Waals surface area contributed by atoms with E-state index >= 15 is 0 Å². The zero-order chi connectivity index (χ0) is 18.4. The Morgan fingerprint density at radius 2 is 2.04 bits per heavy atom. The van der Waals surface area contributed by atoms with Crippen molar-refractivity contribution >= 4 is 22.5 Å². The van der Waals surface area contributed by atoms with Crippen molar-refractivity contribution in [3.8, 4) is 11.3 Å². The molecule has 0 bridgehead atoms. The van der Waals surface area contributed by atoms with Crippen molar-refractivity contribution in [2.75, 3.05) is 5.73 Å². The molecule has 0 radical (unpaired) electrons. The number of halogens is 1. The van der Waals surface area contributed by atoms with Crippen molar-refractivity contribution in [1.82, 2.24) is 19.4 Å². The Morgan fingerprint density at radius 1 is 1.11 bits per heavy atom. The largest absolute Gasteiger partial charge is 0.368 e. The molecule has 3 N–H and O–H groups in total. The molecule has 4 aromatic heterocycles. The summed E-state index contributed by atoms with van der Waals surface area (Å²) in [6.07, 6.45) is 5.26. The summed E-state index contributed by atoms with van der Waals surface area (Å²) in [6, 6.07) is 14.7. The second-order valence-electron chi connectivity index (χ2n) is 6.38. The van der Waals surface area contributed by atoms with Crippen LogP contribution in [0, 0.1) is 5.82 Å². The van der Waals surface area contributed by atoms with Crippen LogP contribution in [-0.2, 0) is 6.54 Å². The number of benzene rings is 1. The maximum Gasteiger partial charge on any atom is 0.293 e. The first-order valence-corrected chi connectivity index (χ1v) is 8.52. The number of fused-ring (bicyclic) bond motifs is 2. The Hall–Kier alpha value is -3.74. The SMILES string of the molecule is Nc1nc[n+](Cc2cc3ccccn3c2-c2cccc(F)c2)c2nc[nH]c12. The van der Waals surface area contributed by atoms with E-state index in [0.717, 1.165) is 28.0 Å². The van der Waals surface area contributed by atoms with Gasteiger partial charge in [0.2, 0.25) is 12.1 Å². The van der Waals surface area contributed by atoms with E-state index in [1.54, 1.807) is 24.8 Å². The van der Waals surface area contributed by atoms with Gasteiger partial charge < -0.3 is 15.1 Å². The highest BCUT2D eigenvalue weighted by molar-refractivity contribution is 5.78. The smallest absolute Gasteiger partial charge is 0.293 e. The van der Waals surface area contributed by atoms with Gasteiger partial charge in [-0.2, -0.15) is 0 Å². The number of nitrogens with one attached hydrogen (secondary N) is 1. The lowest BCUT2D eigenvalue weighted by atomic mass is 10.1. The molecule has 6 nitrogen and oxygen atoms in total. The molecule has 4 heterocycles. The summed E-state index contributed by atoms with van der Waals surface area (Å²) >= 11 is 0. The van der Waals surface area contributed by atoms with Gasteiger partial charge in [-0.05, 0) is 30.3 Å². The predicted molar refractivity (Wildman–Crippen MR) is 100 cm³/mol. The van der Waals surface area contributed by atoms with Crippen LogP contribution in [-0.4, -0.2) is 19.4 Å². The van der Waals surface area contributed by atoms with Gasteiger partial charge in [0.05, 0.1) is 12.2 Å². The molecule has 0 saturated carbocycles. The molecule has 5 rings (SSSR count). The topological polar surface area (TPSA) is 75.9 Å². The lowest BCUT2D eigenvalue weighted by molar-refractivity contribution is -0.666. The van der Waals surface area contributed by atoms with Gasteiger partial charge in [0.25, 0.3) is 5.65 Å². The molecule has 0 aliphatic carbocycles. The third kappa shape index (κ3) is 2.52. The van der Waals surface area contributed by atoms with E-state index in [1.165, 1.54) is 6.07 Å². The van der Waals surface area contributed by atoms with Gasteiger partial charge in [-0.25, -0.2) is 8.96 Å². The fraction of sp³-hybridized carbons (Fsp3) is 0.0500. The van der Waals surface area contributed by atoms with Crippen molar-refractivity contribution in [2.45, 2.75) is 6.54 Å². The van der Waals surface area contributed by atoms with Gasteiger partial charge >= 0.3 is 0 Å². The van der Waals surface area contributed by atoms with Crippen LogP contribution in [0.15, 0.2) is 67.4 Å². The number of hydrogen-bond acceptors (Lipinski definition) is 3. The van der Waals surface area contributed by atoms with Gasteiger partial charge in [-0.15, -0.1) is 0 Å². The van der Waals surface area contributed by atoms with Crippen LogP contribution in [0.25, 0.3) is 27.9 Å². The van der Waals surface area contributed by atoms with E-state index in [0.29, 0.717) is 17.9 Å². The molecule has 1 aromatic carbocycles. The molecule has 0 unspecified atom stereocenters. The van der Waals surface area contributed by atoms with E-state index < -0.39 is 0 Å². The van der Waals surface area contributed by atoms with Crippen LogP contribution in [0.1, 0.15) is 5.56 Å². The van der Waals surface area contributed by atoms with Crippen LogP contribution in [0.4, 0.5) is 10.2 Å². The van der Waals surface area contributed by atoms with Gasteiger partial charge in [-0.3, -0.25) is 0 Å². The van der Waals surface area contributed by atoms with Gasteiger partial charge in [-0.1, -0.05) is 28.2 Å². The Kier molecular flexibility index (Phi) is 3.39. The molecule has 0 spiro atoms. The van der Waals surface area contributed by atoms with Crippen LogP contribution in [0.5, 0.6) is 0 Å². The summed E-state index contributed by atoms with van der Waals surface area (Å²) in [5, 5.41) is 0. The van der Waals surface area contributed by atoms with E-state index in [1.807, 2.05) is 35.0 Å². The van der Waals surface area contributed by atoms with Gasteiger partial charge in [0.1, 0.15) is 5.82 Å². The Morgan fingerprint density at radius 3 is 2.93 bits per heavy atom. The number of aromatic amines is 1. The van der Waals surface area contributed by atoms with Crippen molar-refractivity contribution in [2.24, 2.45) is 0 Å². The van der Waals surface area contributed by atoms with Gasteiger partial charge in [0.15, 0.2) is 11.8 Å². The molecule has 0 aliphatic rings. The number of nitrogen functional groups attached to an aromatic ring is 1. The molecule has 7 heteroatoms. The quantitative estimate of drug-likeness (QED) is 0.486. The average molecular weight is 359 g/mol. The second-order valence-corrected chi connectivity index (χ2v) is 6.38. The minimum Gasteiger partial charge on any atom is -0.368 e. The van der Waals surface area contributed by atoms with E-state index in [4.69, 9.17) is 5.73 Å². The monoisotopic (exact) mass is 359 g/mol. The number of imidazole rings is 1. The summed E-state index contributed by atoms with van der Waals surface area (Å²) in [7, 11) is 0. The molecule has 0 aliphatic heterocycles. The van der Waals surface area contributed by atoms with Gasteiger partial charge in [0, 0.05) is 22.8 Å². The Balaban J connectivity index is 1.72. The predicted octanol–water partition coefficient (Wildman–Crippen LogP) is 2.93. The molecule has 5 aromatic rings. The van der Waals surface area contributed by atoms with Crippen molar-refractivity contribution in [3.05, 3.63) is 78.8 Å². The molecule has 0 saturated heterocycles. The summed E-state index contributed by atoms with van der Waals surface area (Å²) in [4.78, 5) is 11.6. The van der Waals surface area contributed by atoms with Crippen LogP contribution in [0.2, 0.25) is 0 Å². The molecule has 0 fully saturated rings. The van der Waals surface area contributed by atoms with Crippen molar-refractivity contribution in [3.63, 3.8) is 0 Å². The average Bonchev–Trinajstić information content (AvgIpc) is 3.29. The number of anilines is 1. The summed E-state index contributed by atoms with van der Waals surface area (Å²) in [5.74, 6) is 0.145. The second kappa shape index (κ2) is 5.91. The van der Waals surface area contributed by atoms with E-state index in [2.05, 4.69) is 25.4 Å². The Labute approximate surface area is 153 Å². The zero-order valence-electron chi connectivity index (χ0n) is 14.3. The maximum atomic E-state index is 13.9. The number of H-pyrrole nitrogens is 1. The minimum atomic E-state index is -0.263. The first-order chi connectivity index (χ1) is 13.2. The number of hydrogen-bond donors (Lipinski definition) is 2. The Bertz CT molecular complexity index is 1290. The number of rotatable bonds is 3. The van der Waals surface area contributed by atoms with E-state index in [9.17, 15) is 4.39 Å². The number of pyridine rings is 1. The normalized spacial score (nSPS) is 11.4. The summed E-state index contributed by atoms with van der Waals surface area (Å²) in [5.41, 5.74) is 11.2. The molecular formula is C20H16FN6+. The molecule has 27 heavy (non-hydrogen) atoms. The minimum absolute atomic E-state index is 0.263. The zero-order valence-corrected chi connectivity index (χ0v) is 14.3. The number of nitrogens with two attached hydrogens (primary N) is 1. The lowest BCUT2D eigenvalue weighted by Crippen LogP contribution is -2.36. The molecular weight excluding hydrogens is 343 g/mol. The van der Waals surface area contributed by atoms with Crippen molar-refractivity contribution < 1.29 is 8.96 Å². The van der Waals surface area contributed by atoms with Crippen LogP contribution in [0.3, 0.4) is 0 Å². The van der Waals surface area contributed by atoms with Crippen LogP contribution >= 0.6 is 0 Å². The lowest BCUT2D eigenvalue weighted by Gasteiger charge is -2.08. The summed E-state index contributed by atoms with van der Waals surface area (Å²) < 4.78 is 17.9. The highest BCUT2D eigenvalue weighted by Gasteiger charge is 2.19. The maximum absolute atomic E-state index is 13.9. The number of aromatic nitrogens is 5. The fourth-order valence-electron chi connectivity index (χ4n) is 3.50.